The van der Waals surface area contributed by atoms with Gasteiger partial charge in [0.05, 0.1) is 23.2 Å². The topological polar surface area (TPSA) is 142 Å². The number of aliphatic hydroxyl groups is 1. The van der Waals surface area contributed by atoms with Gasteiger partial charge in [0, 0.05) is 45.1 Å². The van der Waals surface area contributed by atoms with Gasteiger partial charge >= 0.3 is 22.5 Å². The third-order valence-corrected chi connectivity index (χ3v) is 8.66. The molecule has 6 aromatic rings. The number of hydrogen-bond acceptors (Lipinski definition) is 9. The van der Waals surface area contributed by atoms with Crippen molar-refractivity contribution >= 4 is 5.78 Å². The van der Waals surface area contributed by atoms with Gasteiger partial charge in [-0.05, 0) is 104 Å². The minimum atomic E-state index is -1.44. The average Bonchev–Trinajstić information content (AvgIpc) is 4.04. The number of ketones is 1. The number of benzene rings is 2. The molecule has 5 heterocycles. The number of aromatic nitrogens is 6. The summed E-state index contributed by atoms with van der Waals surface area (Å²) in [5.41, 5.74) is 6.35. The zero-order chi connectivity index (χ0) is 40.1. The fourth-order valence-electron chi connectivity index (χ4n) is 5.64. The number of ether oxygens (including phenoxy) is 1. The van der Waals surface area contributed by atoms with Crippen LogP contribution in [0.15, 0.2) is 109 Å². The molecule has 0 bridgehead atoms. The molecule has 1 aliphatic heterocycles. The Kier molecular flexibility index (Phi) is 18.3. The van der Waals surface area contributed by atoms with E-state index in [1.807, 2.05) is 61.0 Å². The van der Waals surface area contributed by atoms with E-state index in [1.165, 1.54) is 37.1 Å². The molecule has 1 atom stereocenters. The Morgan fingerprint density at radius 3 is 1.64 bits per heavy atom. The van der Waals surface area contributed by atoms with Crippen LogP contribution in [-0.4, -0.2) is 53.6 Å². The van der Waals surface area contributed by atoms with Gasteiger partial charge < -0.3 is 9.84 Å². The van der Waals surface area contributed by atoms with Crippen LogP contribution in [0.2, 0.25) is 0 Å². The van der Waals surface area contributed by atoms with Gasteiger partial charge in [0.1, 0.15) is 28.7 Å². The summed E-state index contributed by atoms with van der Waals surface area (Å²) in [6, 6.07) is 27.8. The van der Waals surface area contributed by atoms with Crippen LogP contribution in [0.3, 0.4) is 0 Å². The number of aryl methyl sites for hydroxylation is 4. The molecule has 14 heteroatoms. The van der Waals surface area contributed by atoms with Crippen molar-refractivity contribution in [2.45, 2.75) is 71.6 Å². The van der Waals surface area contributed by atoms with E-state index in [0.29, 0.717) is 50.2 Å². The number of hydrogen-bond donors (Lipinski definition) is 1. The maximum absolute atomic E-state index is 13.0. The fraction of sp³-hybridized carbons (Fsp3) is 0.310. The third-order valence-electron chi connectivity index (χ3n) is 8.66. The molecule has 4 aromatic heterocycles. The standard InChI is InChI=1S/C19H20FN3O.C19H18FN3O.C4H8O.Mn.2O/c2*1-2-19(24)18-13-17(16-5-3-4-11-21-16)22-23(18)12-10-14-6-8-15(20)9-7-14;1-2-4-5-3-1;;;/h3-9,11,13,19,24H,2,10,12H2,1H3;3-9,11,13H,2,10,12H2,1H3;1-4H2;;;. The molecule has 11 nitrogen and oxygen atoms in total. The molecular weight excluding hydrogens is 761 g/mol. The quantitative estimate of drug-likeness (QED) is 0.0956. The van der Waals surface area contributed by atoms with Gasteiger partial charge in [0.15, 0.2) is 5.78 Å². The van der Waals surface area contributed by atoms with Crippen LogP contribution in [0.1, 0.15) is 72.9 Å². The predicted molar refractivity (Wildman–Crippen MR) is 202 cm³/mol. The molecule has 1 aliphatic rings. The van der Waals surface area contributed by atoms with Crippen LogP contribution in [-0.2, 0) is 53.2 Å². The van der Waals surface area contributed by atoms with Gasteiger partial charge in [-0.3, -0.25) is 24.1 Å². The summed E-state index contributed by atoms with van der Waals surface area (Å²) in [4.78, 5) is 20.8. The van der Waals surface area contributed by atoms with Crippen molar-refractivity contribution in [3.05, 3.63) is 144 Å². The molecule has 295 valence electrons. The van der Waals surface area contributed by atoms with E-state index in [0.717, 1.165) is 47.1 Å². The molecular formula is C42H46F2MnN6O5. The van der Waals surface area contributed by atoms with E-state index in [4.69, 9.17) is 12.4 Å². The van der Waals surface area contributed by atoms with Crippen LogP contribution in [0.4, 0.5) is 8.78 Å². The van der Waals surface area contributed by atoms with Gasteiger partial charge in [-0.2, -0.15) is 10.2 Å². The fourth-order valence-corrected chi connectivity index (χ4v) is 5.64. The molecule has 0 spiro atoms. The Hall–Kier alpha value is -5.27. The van der Waals surface area contributed by atoms with Crippen LogP contribution in [0.5, 0.6) is 0 Å². The molecule has 0 radical (unpaired) electrons. The first-order valence-corrected chi connectivity index (χ1v) is 19.4. The first-order valence-electron chi connectivity index (χ1n) is 18.4. The number of rotatable bonds is 12. The van der Waals surface area contributed by atoms with E-state index < -0.39 is 20.9 Å². The summed E-state index contributed by atoms with van der Waals surface area (Å²) in [5, 5.41) is 19.4. The molecule has 0 amide bonds. The summed E-state index contributed by atoms with van der Waals surface area (Å²) < 4.78 is 51.3. The van der Waals surface area contributed by atoms with E-state index in [-0.39, 0.29) is 17.4 Å². The summed E-state index contributed by atoms with van der Waals surface area (Å²) >= 11 is -1.44. The Morgan fingerprint density at radius 1 is 0.732 bits per heavy atom. The summed E-state index contributed by atoms with van der Waals surface area (Å²) in [6.07, 6.45) is 7.84. The van der Waals surface area contributed by atoms with Crippen LogP contribution in [0, 0.1) is 11.6 Å². The maximum atomic E-state index is 13.0. The number of pyridine rings is 2. The van der Waals surface area contributed by atoms with Crippen molar-refractivity contribution < 1.29 is 45.9 Å². The Morgan fingerprint density at radius 2 is 1.21 bits per heavy atom. The normalized spacial score (nSPS) is 12.2. The van der Waals surface area contributed by atoms with E-state index >= 15 is 0 Å². The summed E-state index contributed by atoms with van der Waals surface area (Å²) in [6.45, 7) is 6.94. The van der Waals surface area contributed by atoms with Crippen molar-refractivity contribution in [3.8, 4) is 22.8 Å². The van der Waals surface area contributed by atoms with Crippen molar-refractivity contribution in [1.82, 2.24) is 29.5 Å². The SMILES string of the molecule is C1CCOC1.CCC(=O)c1cc(-c2ccccn2)nn1CCc1ccc(F)cc1.CCC(O)c1cc(-c2ccccn2)nn1CCc1ccc(F)cc1.[O]=[Mn]=[O]. The van der Waals surface area contributed by atoms with E-state index in [2.05, 4.69) is 20.2 Å². The Balaban J connectivity index is 0.000000208. The van der Waals surface area contributed by atoms with Crippen molar-refractivity contribution in [3.63, 3.8) is 0 Å². The van der Waals surface area contributed by atoms with Gasteiger partial charge in [0.25, 0.3) is 0 Å². The van der Waals surface area contributed by atoms with Crippen LogP contribution >= 0.6 is 0 Å². The molecule has 1 unspecified atom stereocenters. The second kappa shape index (κ2) is 23.6. The molecule has 0 aliphatic carbocycles. The number of aliphatic hydroxyl groups excluding tert-OH is 1. The number of carbonyl (C=O) groups excluding carboxylic acids is 1. The molecule has 1 fully saturated rings. The Labute approximate surface area is 331 Å². The monoisotopic (exact) mass is 807 g/mol. The zero-order valence-corrected chi connectivity index (χ0v) is 32.6. The summed E-state index contributed by atoms with van der Waals surface area (Å²) in [7, 11) is 0. The first-order chi connectivity index (χ1) is 27.3. The molecule has 7 rings (SSSR count). The first kappa shape index (κ1) is 43.5. The second-order valence-electron chi connectivity index (χ2n) is 12.6. The number of carbonyl (C=O) groups is 1. The number of Topliss-reactive ketones (excluding diaryl/α,β-unsaturated/α-hetero) is 1. The van der Waals surface area contributed by atoms with Gasteiger partial charge in [0.2, 0.25) is 0 Å². The van der Waals surface area contributed by atoms with Gasteiger partial charge in [-0.25, -0.2) is 8.78 Å². The van der Waals surface area contributed by atoms with E-state index in [1.54, 1.807) is 47.4 Å². The zero-order valence-electron chi connectivity index (χ0n) is 31.4. The summed E-state index contributed by atoms with van der Waals surface area (Å²) in [5.74, 6) is -0.446. The Bertz CT molecular complexity index is 2080. The molecule has 1 saturated heterocycles. The number of nitrogens with zero attached hydrogens (tertiary/aromatic N) is 6. The third kappa shape index (κ3) is 13.8. The molecule has 0 saturated carbocycles. The van der Waals surface area contributed by atoms with Crippen molar-refractivity contribution in [1.29, 1.82) is 0 Å². The van der Waals surface area contributed by atoms with Crippen LogP contribution < -0.4 is 0 Å². The predicted octanol–water partition coefficient (Wildman–Crippen LogP) is 8.25. The minimum absolute atomic E-state index is 0.0452. The molecule has 1 N–H and O–H groups in total. The van der Waals surface area contributed by atoms with Crippen molar-refractivity contribution in [2.75, 3.05) is 13.2 Å². The van der Waals surface area contributed by atoms with Crippen LogP contribution in [0.25, 0.3) is 22.8 Å². The van der Waals surface area contributed by atoms with Crippen molar-refractivity contribution in [2.24, 2.45) is 0 Å². The van der Waals surface area contributed by atoms with E-state index in [9.17, 15) is 18.7 Å². The van der Waals surface area contributed by atoms with Gasteiger partial charge in [-0.15, -0.1) is 0 Å². The molecule has 2 aromatic carbocycles. The number of halogens is 2. The van der Waals surface area contributed by atoms with Gasteiger partial charge in [-0.1, -0.05) is 50.2 Å². The second-order valence-corrected chi connectivity index (χ2v) is 12.8. The average molecular weight is 808 g/mol. The molecule has 56 heavy (non-hydrogen) atoms.